The SMILES string of the molecule is CCS(=O)(=O)c1ccc(CC(=O)Nc2cnc3c(c2)CNC3)cc1. The monoisotopic (exact) mass is 345 g/mol. The fourth-order valence-corrected chi connectivity index (χ4v) is 3.49. The van der Waals surface area contributed by atoms with Crippen LogP contribution >= 0.6 is 0 Å². The number of benzene rings is 1. The van der Waals surface area contributed by atoms with Gasteiger partial charge in [-0.05, 0) is 29.3 Å². The zero-order chi connectivity index (χ0) is 17.2. The largest absolute Gasteiger partial charge is 0.324 e. The smallest absolute Gasteiger partial charge is 0.228 e. The van der Waals surface area contributed by atoms with Gasteiger partial charge in [0, 0.05) is 13.1 Å². The minimum Gasteiger partial charge on any atom is -0.324 e. The van der Waals surface area contributed by atoms with Crippen LogP contribution in [0.3, 0.4) is 0 Å². The quantitative estimate of drug-likeness (QED) is 0.860. The number of rotatable bonds is 5. The normalized spacial score (nSPS) is 13.5. The molecule has 6 nitrogen and oxygen atoms in total. The first kappa shape index (κ1) is 16.6. The van der Waals surface area contributed by atoms with E-state index < -0.39 is 9.84 Å². The molecule has 126 valence electrons. The van der Waals surface area contributed by atoms with Gasteiger partial charge < -0.3 is 10.6 Å². The molecular formula is C17H19N3O3S. The van der Waals surface area contributed by atoms with Gasteiger partial charge in [-0.3, -0.25) is 9.78 Å². The molecule has 0 saturated carbocycles. The second-order valence-electron chi connectivity index (χ2n) is 5.71. The van der Waals surface area contributed by atoms with Gasteiger partial charge in [0.1, 0.15) is 0 Å². The van der Waals surface area contributed by atoms with E-state index in [1.165, 1.54) is 0 Å². The van der Waals surface area contributed by atoms with E-state index in [1.807, 2.05) is 6.07 Å². The Morgan fingerprint density at radius 2 is 2.00 bits per heavy atom. The third kappa shape index (κ3) is 3.63. The Bertz CT molecular complexity index is 861. The van der Waals surface area contributed by atoms with E-state index >= 15 is 0 Å². The Hall–Kier alpha value is -2.25. The van der Waals surface area contributed by atoms with Crippen LogP contribution in [0.2, 0.25) is 0 Å². The van der Waals surface area contributed by atoms with Crippen molar-refractivity contribution in [2.24, 2.45) is 0 Å². The molecule has 2 aromatic rings. The van der Waals surface area contributed by atoms with E-state index in [0.717, 1.165) is 29.9 Å². The minimum atomic E-state index is -3.21. The summed E-state index contributed by atoms with van der Waals surface area (Å²) < 4.78 is 23.6. The Kier molecular flexibility index (Phi) is 4.64. The lowest BCUT2D eigenvalue weighted by molar-refractivity contribution is -0.115. The molecule has 1 aliphatic heterocycles. The fraction of sp³-hybridized carbons (Fsp3) is 0.294. The number of aromatic nitrogens is 1. The van der Waals surface area contributed by atoms with Crippen LogP contribution < -0.4 is 10.6 Å². The highest BCUT2D eigenvalue weighted by atomic mass is 32.2. The van der Waals surface area contributed by atoms with E-state index in [2.05, 4.69) is 15.6 Å². The second kappa shape index (κ2) is 6.70. The average molecular weight is 345 g/mol. The van der Waals surface area contributed by atoms with Gasteiger partial charge in [-0.15, -0.1) is 0 Å². The van der Waals surface area contributed by atoms with Crippen molar-refractivity contribution in [3.8, 4) is 0 Å². The van der Waals surface area contributed by atoms with E-state index in [0.29, 0.717) is 5.69 Å². The second-order valence-corrected chi connectivity index (χ2v) is 7.98. The Labute approximate surface area is 141 Å². The minimum absolute atomic E-state index is 0.0625. The highest BCUT2D eigenvalue weighted by Gasteiger charge is 2.14. The first-order chi connectivity index (χ1) is 11.5. The number of hydrogen-bond acceptors (Lipinski definition) is 5. The molecule has 2 N–H and O–H groups in total. The molecule has 2 heterocycles. The summed E-state index contributed by atoms with van der Waals surface area (Å²) >= 11 is 0. The van der Waals surface area contributed by atoms with Crippen LogP contribution in [0.4, 0.5) is 5.69 Å². The maximum Gasteiger partial charge on any atom is 0.228 e. The van der Waals surface area contributed by atoms with E-state index in [-0.39, 0.29) is 23.0 Å². The molecule has 24 heavy (non-hydrogen) atoms. The van der Waals surface area contributed by atoms with Gasteiger partial charge in [0.25, 0.3) is 0 Å². The van der Waals surface area contributed by atoms with Crippen LogP contribution in [-0.4, -0.2) is 25.1 Å². The number of nitrogens with zero attached hydrogens (tertiary/aromatic N) is 1. The number of anilines is 1. The van der Waals surface area contributed by atoms with Crippen LogP contribution in [0.5, 0.6) is 0 Å². The molecule has 0 spiro atoms. The standard InChI is InChI=1S/C17H19N3O3S/c1-2-24(22,23)15-5-3-12(4-6-15)7-17(21)20-14-8-13-9-18-11-16(13)19-10-14/h3-6,8,10,18H,2,7,9,11H2,1H3,(H,20,21). The van der Waals surface area contributed by atoms with E-state index in [9.17, 15) is 13.2 Å². The average Bonchev–Trinajstić information content (AvgIpc) is 3.03. The summed E-state index contributed by atoms with van der Waals surface area (Å²) in [6.45, 7) is 3.13. The predicted octanol–water partition coefficient (Wildman–Crippen LogP) is 1.66. The van der Waals surface area contributed by atoms with Crippen LogP contribution in [0.25, 0.3) is 0 Å². The lowest BCUT2D eigenvalue weighted by atomic mass is 10.1. The number of nitrogens with one attached hydrogen (secondary N) is 2. The Morgan fingerprint density at radius 3 is 2.71 bits per heavy atom. The topological polar surface area (TPSA) is 88.2 Å². The predicted molar refractivity (Wildman–Crippen MR) is 91.3 cm³/mol. The van der Waals surface area contributed by atoms with Gasteiger partial charge in [0.15, 0.2) is 9.84 Å². The summed E-state index contributed by atoms with van der Waals surface area (Å²) in [5.74, 6) is -0.0960. The van der Waals surface area contributed by atoms with Crippen molar-refractivity contribution in [3.05, 3.63) is 53.3 Å². The molecule has 0 saturated heterocycles. The number of hydrogen-bond donors (Lipinski definition) is 2. The molecule has 0 fully saturated rings. The lowest BCUT2D eigenvalue weighted by Gasteiger charge is -2.07. The van der Waals surface area contributed by atoms with Gasteiger partial charge >= 0.3 is 0 Å². The van der Waals surface area contributed by atoms with Crippen LogP contribution in [0.15, 0.2) is 41.4 Å². The summed E-state index contributed by atoms with van der Waals surface area (Å²) in [6, 6.07) is 8.37. The molecule has 1 amide bonds. The summed E-state index contributed by atoms with van der Waals surface area (Å²) in [4.78, 5) is 16.8. The highest BCUT2D eigenvalue weighted by Crippen LogP contribution is 2.18. The summed E-state index contributed by atoms with van der Waals surface area (Å²) in [5.41, 5.74) is 3.55. The van der Waals surface area contributed by atoms with Crippen LogP contribution in [-0.2, 0) is 34.1 Å². The van der Waals surface area contributed by atoms with Gasteiger partial charge in [0.2, 0.25) is 5.91 Å². The zero-order valence-corrected chi connectivity index (χ0v) is 14.2. The molecule has 0 unspecified atom stereocenters. The molecule has 1 aliphatic rings. The summed E-state index contributed by atoms with van der Waals surface area (Å²) in [5, 5.41) is 6.03. The molecule has 0 aliphatic carbocycles. The van der Waals surface area contributed by atoms with Crippen LogP contribution in [0.1, 0.15) is 23.7 Å². The number of carbonyl (C=O) groups excluding carboxylic acids is 1. The fourth-order valence-electron chi connectivity index (χ4n) is 2.61. The van der Waals surface area contributed by atoms with Crippen molar-refractivity contribution in [2.75, 3.05) is 11.1 Å². The first-order valence-electron chi connectivity index (χ1n) is 7.78. The van der Waals surface area contributed by atoms with Gasteiger partial charge in [-0.25, -0.2) is 8.42 Å². The van der Waals surface area contributed by atoms with Crippen molar-refractivity contribution in [1.82, 2.24) is 10.3 Å². The van der Waals surface area contributed by atoms with E-state index in [1.54, 1.807) is 37.4 Å². The molecule has 0 bridgehead atoms. The third-order valence-corrected chi connectivity index (χ3v) is 5.73. The lowest BCUT2D eigenvalue weighted by Crippen LogP contribution is -2.15. The Balaban J connectivity index is 1.65. The summed E-state index contributed by atoms with van der Waals surface area (Å²) in [6.07, 6.45) is 1.84. The maximum absolute atomic E-state index is 12.1. The Morgan fingerprint density at radius 1 is 1.25 bits per heavy atom. The summed E-state index contributed by atoms with van der Waals surface area (Å²) in [7, 11) is -3.21. The molecule has 1 aromatic carbocycles. The molecule has 1 aromatic heterocycles. The van der Waals surface area contributed by atoms with E-state index in [4.69, 9.17) is 0 Å². The van der Waals surface area contributed by atoms with Crippen molar-refractivity contribution < 1.29 is 13.2 Å². The molecular weight excluding hydrogens is 326 g/mol. The number of pyridine rings is 1. The van der Waals surface area contributed by atoms with Gasteiger partial charge in [0.05, 0.1) is 34.6 Å². The van der Waals surface area contributed by atoms with Crippen molar-refractivity contribution >= 4 is 21.4 Å². The number of sulfone groups is 1. The third-order valence-electron chi connectivity index (χ3n) is 3.98. The number of amides is 1. The van der Waals surface area contributed by atoms with Crippen molar-refractivity contribution in [1.29, 1.82) is 0 Å². The van der Waals surface area contributed by atoms with Gasteiger partial charge in [-0.2, -0.15) is 0 Å². The molecule has 0 radical (unpaired) electrons. The highest BCUT2D eigenvalue weighted by molar-refractivity contribution is 7.91. The number of carbonyl (C=O) groups is 1. The molecule has 0 atom stereocenters. The maximum atomic E-state index is 12.1. The molecule has 3 rings (SSSR count). The van der Waals surface area contributed by atoms with Crippen molar-refractivity contribution in [3.63, 3.8) is 0 Å². The zero-order valence-electron chi connectivity index (χ0n) is 13.4. The number of fused-ring (bicyclic) bond motifs is 1. The van der Waals surface area contributed by atoms with Crippen LogP contribution in [0, 0.1) is 0 Å². The molecule has 7 heteroatoms. The van der Waals surface area contributed by atoms with Crippen molar-refractivity contribution in [2.45, 2.75) is 31.3 Å². The van der Waals surface area contributed by atoms with Gasteiger partial charge in [-0.1, -0.05) is 19.1 Å². The first-order valence-corrected chi connectivity index (χ1v) is 9.43.